The topological polar surface area (TPSA) is 3.24 Å². The molecule has 0 spiro atoms. The fraction of sp³-hybridized carbons (Fsp3) is 1.00. The van der Waals surface area contributed by atoms with E-state index in [2.05, 4.69) is 39.8 Å². The molecule has 2 heteroatoms. The van der Waals surface area contributed by atoms with Gasteiger partial charge in [-0.15, -0.1) is 0 Å². The standard InChI is InChI=1S/C6H15NS.C3H8/c1-4-8-6-5-7(2)3;1-3-2/h4-6H2,1-3H3;3H2,1-2H3. The van der Waals surface area contributed by atoms with Crippen molar-refractivity contribution in [1.29, 1.82) is 0 Å². The predicted octanol–water partition coefficient (Wildman–Crippen LogP) is 2.72. The highest BCUT2D eigenvalue weighted by Crippen LogP contribution is 1.96. The summed E-state index contributed by atoms with van der Waals surface area (Å²) in [5, 5.41) is 0. The maximum absolute atomic E-state index is 2.21. The molecule has 11 heavy (non-hydrogen) atoms. The molecule has 0 heterocycles. The van der Waals surface area contributed by atoms with E-state index in [-0.39, 0.29) is 0 Å². The summed E-state index contributed by atoms with van der Waals surface area (Å²) in [6.45, 7) is 7.65. The molecule has 0 aromatic heterocycles. The molecule has 0 bridgehead atoms. The van der Waals surface area contributed by atoms with Crippen LogP contribution >= 0.6 is 11.8 Å². The van der Waals surface area contributed by atoms with Gasteiger partial charge in [-0.3, -0.25) is 0 Å². The van der Waals surface area contributed by atoms with Gasteiger partial charge in [0.15, 0.2) is 0 Å². The summed E-state index contributed by atoms with van der Waals surface area (Å²) in [6, 6.07) is 0. The summed E-state index contributed by atoms with van der Waals surface area (Å²) in [6.07, 6.45) is 1.25. The molecule has 0 amide bonds. The van der Waals surface area contributed by atoms with Crippen molar-refractivity contribution < 1.29 is 0 Å². The third-order valence-corrected chi connectivity index (χ3v) is 1.77. The molecule has 0 saturated heterocycles. The van der Waals surface area contributed by atoms with E-state index in [1.807, 2.05) is 11.8 Å². The summed E-state index contributed by atoms with van der Waals surface area (Å²) in [5.41, 5.74) is 0. The summed E-state index contributed by atoms with van der Waals surface area (Å²) < 4.78 is 0. The highest BCUT2D eigenvalue weighted by Gasteiger charge is 1.86. The van der Waals surface area contributed by atoms with Gasteiger partial charge in [-0.1, -0.05) is 27.2 Å². The van der Waals surface area contributed by atoms with Crippen LogP contribution in [0.2, 0.25) is 0 Å². The second-order valence-electron chi connectivity index (χ2n) is 2.71. The van der Waals surface area contributed by atoms with Crippen LogP contribution in [0.15, 0.2) is 0 Å². The van der Waals surface area contributed by atoms with Gasteiger partial charge in [-0.25, -0.2) is 0 Å². The second kappa shape index (κ2) is 12.9. The summed E-state index contributed by atoms with van der Waals surface area (Å²) >= 11 is 1.99. The molecular formula is C9H23NS. The Morgan fingerprint density at radius 3 is 1.82 bits per heavy atom. The fourth-order valence-electron chi connectivity index (χ4n) is 0.391. The molecule has 0 aliphatic carbocycles. The van der Waals surface area contributed by atoms with Gasteiger partial charge in [0.25, 0.3) is 0 Å². The molecule has 0 aromatic carbocycles. The highest BCUT2D eigenvalue weighted by atomic mass is 32.2. The van der Waals surface area contributed by atoms with Crippen LogP contribution in [0.3, 0.4) is 0 Å². The molecule has 1 nitrogen and oxygen atoms in total. The minimum atomic E-state index is 1.21. The third kappa shape index (κ3) is 25.3. The van der Waals surface area contributed by atoms with Gasteiger partial charge in [-0.2, -0.15) is 11.8 Å². The number of rotatable bonds is 4. The zero-order chi connectivity index (χ0) is 9.11. The van der Waals surface area contributed by atoms with Crippen molar-refractivity contribution in [3.05, 3.63) is 0 Å². The second-order valence-corrected chi connectivity index (χ2v) is 4.10. The van der Waals surface area contributed by atoms with Crippen molar-refractivity contribution in [2.75, 3.05) is 32.1 Å². The average molecular weight is 177 g/mol. The molecule has 0 unspecified atom stereocenters. The average Bonchev–Trinajstić information content (AvgIpc) is 1.89. The largest absolute Gasteiger partial charge is 0.309 e. The van der Waals surface area contributed by atoms with Gasteiger partial charge < -0.3 is 4.90 Å². The van der Waals surface area contributed by atoms with Crippen LogP contribution in [0, 0.1) is 0 Å². The van der Waals surface area contributed by atoms with Crippen molar-refractivity contribution >= 4 is 11.8 Å². The van der Waals surface area contributed by atoms with E-state index in [0.717, 1.165) is 0 Å². The lowest BCUT2D eigenvalue weighted by molar-refractivity contribution is 0.437. The SMILES string of the molecule is CCC.CCSCCN(C)C. The first-order valence-corrected chi connectivity index (χ1v) is 5.56. The Morgan fingerprint density at radius 2 is 1.55 bits per heavy atom. The van der Waals surface area contributed by atoms with Crippen molar-refractivity contribution in [3.8, 4) is 0 Å². The fourth-order valence-corrected chi connectivity index (χ4v) is 1.17. The Balaban J connectivity index is 0. The van der Waals surface area contributed by atoms with E-state index in [9.17, 15) is 0 Å². The Morgan fingerprint density at radius 1 is 1.09 bits per heavy atom. The molecular weight excluding hydrogens is 154 g/mol. The molecule has 0 atom stereocenters. The predicted molar refractivity (Wildman–Crippen MR) is 57.5 cm³/mol. The molecule has 0 radical (unpaired) electrons. The van der Waals surface area contributed by atoms with Crippen LogP contribution < -0.4 is 0 Å². The lowest BCUT2D eigenvalue weighted by Gasteiger charge is -2.06. The monoisotopic (exact) mass is 177 g/mol. The molecule has 0 aliphatic rings. The third-order valence-electron chi connectivity index (χ3n) is 0.887. The Kier molecular flexibility index (Phi) is 16.3. The van der Waals surface area contributed by atoms with Gasteiger partial charge in [0.05, 0.1) is 0 Å². The van der Waals surface area contributed by atoms with Gasteiger partial charge in [0.2, 0.25) is 0 Å². The van der Waals surface area contributed by atoms with Crippen LogP contribution in [0.1, 0.15) is 27.2 Å². The van der Waals surface area contributed by atoms with E-state index >= 15 is 0 Å². The first kappa shape index (κ1) is 13.9. The van der Waals surface area contributed by atoms with E-state index in [4.69, 9.17) is 0 Å². The zero-order valence-electron chi connectivity index (χ0n) is 8.68. The van der Waals surface area contributed by atoms with Crippen LogP contribution in [0.4, 0.5) is 0 Å². The molecule has 0 aromatic rings. The molecule has 0 fully saturated rings. The molecule has 0 aliphatic heterocycles. The number of hydrogen-bond acceptors (Lipinski definition) is 2. The van der Waals surface area contributed by atoms with Crippen LogP contribution in [-0.4, -0.2) is 37.0 Å². The van der Waals surface area contributed by atoms with E-state index in [1.54, 1.807) is 0 Å². The van der Waals surface area contributed by atoms with Crippen molar-refractivity contribution in [2.45, 2.75) is 27.2 Å². The molecule has 0 N–H and O–H groups in total. The first-order valence-electron chi connectivity index (χ1n) is 4.41. The van der Waals surface area contributed by atoms with Crippen LogP contribution in [-0.2, 0) is 0 Å². The number of thioether (sulfide) groups is 1. The van der Waals surface area contributed by atoms with E-state index in [0.29, 0.717) is 0 Å². The number of hydrogen-bond donors (Lipinski definition) is 0. The van der Waals surface area contributed by atoms with E-state index in [1.165, 1.54) is 24.5 Å². The maximum Gasteiger partial charge on any atom is 0.00662 e. The normalized spacial score (nSPS) is 9.27. The van der Waals surface area contributed by atoms with Crippen molar-refractivity contribution in [1.82, 2.24) is 4.90 Å². The lowest BCUT2D eigenvalue weighted by atomic mass is 10.6. The Labute approximate surface area is 76.5 Å². The Bertz CT molecular complexity index is 55.5. The molecule has 70 valence electrons. The van der Waals surface area contributed by atoms with Crippen molar-refractivity contribution in [3.63, 3.8) is 0 Å². The lowest BCUT2D eigenvalue weighted by Crippen LogP contribution is -2.14. The smallest absolute Gasteiger partial charge is 0.00662 e. The van der Waals surface area contributed by atoms with E-state index < -0.39 is 0 Å². The minimum Gasteiger partial charge on any atom is -0.309 e. The number of nitrogens with zero attached hydrogens (tertiary/aromatic N) is 1. The quantitative estimate of drug-likeness (QED) is 0.607. The van der Waals surface area contributed by atoms with Gasteiger partial charge in [0, 0.05) is 12.3 Å². The van der Waals surface area contributed by atoms with Crippen LogP contribution in [0.25, 0.3) is 0 Å². The Hall–Kier alpha value is 0.310. The summed E-state index contributed by atoms with van der Waals surface area (Å²) in [4.78, 5) is 2.21. The van der Waals surface area contributed by atoms with Crippen molar-refractivity contribution in [2.24, 2.45) is 0 Å². The zero-order valence-corrected chi connectivity index (χ0v) is 9.50. The van der Waals surface area contributed by atoms with Gasteiger partial charge >= 0.3 is 0 Å². The highest BCUT2D eigenvalue weighted by molar-refractivity contribution is 7.99. The molecule has 0 saturated carbocycles. The summed E-state index contributed by atoms with van der Waals surface area (Å²) in [7, 11) is 4.21. The maximum atomic E-state index is 2.21. The summed E-state index contributed by atoms with van der Waals surface area (Å²) in [5.74, 6) is 2.51. The van der Waals surface area contributed by atoms with Crippen LogP contribution in [0.5, 0.6) is 0 Å². The van der Waals surface area contributed by atoms with Gasteiger partial charge in [-0.05, 0) is 19.8 Å². The first-order chi connectivity index (χ1) is 5.18. The minimum absolute atomic E-state index is 1.21. The molecule has 0 rings (SSSR count). The van der Waals surface area contributed by atoms with Gasteiger partial charge in [0.1, 0.15) is 0 Å².